The highest BCUT2D eigenvalue weighted by molar-refractivity contribution is 5.80. The molecule has 0 spiro atoms. The summed E-state index contributed by atoms with van der Waals surface area (Å²) in [7, 11) is 0. The molecule has 1 amide bonds. The first-order valence-electron chi connectivity index (χ1n) is 27.6. The number of rotatable bonds is 51. The van der Waals surface area contributed by atoms with E-state index in [1.807, 2.05) is 0 Å². The summed E-state index contributed by atoms with van der Waals surface area (Å²) < 4.78 is 0. The van der Waals surface area contributed by atoms with E-state index < -0.39 is 36.9 Å². The number of aliphatic hydroxyl groups excluding tert-OH is 4. The van der Waals surface area contributed by atoms with Crippen molar-refractivity contribution < 1.29 is 25.2 Å². The van der Waals surface area contributed by atoms with Crippen LogP contribution in [0.2, 0.25) is 0 Å². The molecule has 0 aromatic rings. The number of amides is 1. The molecule has 0 aliphatic rings. The highest BCUT2D eigenvalue weighted by atomic mass is 16.3. The van der Waals surface area contributed by atoms with Crippen molar-refractivity contribution in [2.45, 2.75) is 327 Å². The van der Waals surface area contributed by atoms with Crippen LogP contribution in [-0.2, 0) is 4.79 Å². The van der Waals surface area contributed by atoms with E-state index in [2.05, 4.69) is 31.3 Å². The SMILES string of the molecule is CCCCCCCCCCCCCCCCCCCC/C=C/CCCC(O)C(O)C(CO)NC(=O)C(O)CCCCCCCCCCCCCCCCCCCCCCCC. The molecule has 0 aromatic heterocycles. The number of carbonyl (C=O) groups excluding carboxylic acids is 1. The summed E-state index contributed by atoms with van der Waals surface area (Å²) in [5, 5.41) is 43.9. The van der Waals surface area contributed by atoms with Gasteiger partial charge in [0, 0.05) is 0 Å². The molecule has 0 heterocycles. The average molecular weight is 864 g/mol. The topological polar surface area (TPSA) is 110 Å². The molecular formula is C55H109NO5. The van der Waals surface area contributed by atoms with Gasteiger partial charge in [0.05, 0.1) is 18.8 Å². The maximum absolute atomic E-state index is 12.6. The third kappa shape index (κ3) is 44.1. The Bertz CT molecular complexity index is 882. The first kappa shape index (κ1) is 60.1. The summed E-state index contributed by atoms with van der Waals surface area (Å²) in [5.74, 6) is -0.587. The van der Waals surface area contributed by atoms with Gasteiger partial charge in [-0.1, -0.05) is 276 Å². The number of nitrogens with one attached hydrogen (secondary N) is 1. The zero-order chi connectivity index (χ0) is 44.5. The van der Waals surface area contributed by atoms with Crippen LogP contribution >= 0.6 is 0 Å². The van der Waals surface area contributed by atoms with Gasteiger partial charge >= 0.3 is 0 Å². The number of hydrogen-bond acceptors (Lipinski definition) is 5. The molecule has 0 aromatic carbocycles. The third-order valence-corrected chi connectivity index (χ3v) is 13.2. The Kier molecular flexibility index (Phi) is 49.3. The summed E-state index contributed by atoms with van der Waals surface area (Å²) in [4.78, 5) is 12.6. The second-order valence-electron chi connectivity index (χ2n) is 19.3. The number of allylic oxidation sites excluding steroid dienone is 2. The fraction of sp³-hybridized carbons (Fsp3) is 0.945. The monoisotopic (exact) mass is 864 g/mol. The Morgan fingerprint density at radius 3 is 0.984 bits per heavy atom. The Hall–Kier alpha value is -0.950. The maximum atomic E-state index is 12.6. The lowest BCUT2D eigenvalue weighted by molar-refractivity contribution is -0.132. The Labute approximate surface area is 381 Å². The first-order chi connectivity index (χ1) is 30.0. The van der Waals surface area contributed by atoms with Gasteiger partial charge in [-0.2, -0.15) is 0 Å². The van der Waals surface area contributed by atoms with E-state index in [4.69, 9.17) is 0 Å². The van der Waals surface area contributed by atoms with Crippen LogP contribution in [0.15, 0.2) is 12.2 Å². The lowest BCUT2D eigenvalue weighted by Crippen LogP contribution is -2.53. The van der Waals surface area contributed by atoms with Crippen molar-refractivity contribution in [1.29, 1.82) is 0 Å². The van der Waals surface area contributed by atoms with Gasteiger partial charge in [0.2, 0.25) is 5.91 Å². The van der Waals surface area contributed by atoms with Gasteiger partial charge in [0.25, 0.3) is 0 Å². The molecule has 0 bridgehead atoms. The van der Waals surface area contributed by atoms with Crippen molar-refractivity contribution in [2.75, 3.05) is 6.61 Å². The molecule has 0 saturated heterocycles. The van der Waals surface area contributed by atoms with Crippen molar-refractivity contribution >= 4 is 5.91 Å². The van der Waals surface area contributed by atoms with E-state index in [9.17, 15) is 25.2 Å². The molecule has 0 rings (SSSR count). The summed E-state index contributed by atoms with van der Waals surface area (Å²) in [5.41, 5.74) is 0. The van der Waals surface area contributed by atoms with Gasteiger partial charge in [-0.15, -0.1) is 0 Å². The van der Waals surface area contributed by atoms with E-state index in [1.54, 1.807) is 0 Å². The molecule has 6 nitrogen and oxygen atoms in total. The zero-order valence-electron chi connectivity index (χ0n) is 41.2. The van der Waals surface area contributed by atoms with Crippen molar-refractivity contribution in [2.24, 2.45) is 0 Å². The number of aliphatic hydroxyl groups is 4. The van der Waals surface area contributed by atoms with Gasteiger partial charge in [-0.25, -0.2) is 0 Å². The van der Waals surface area contributed by atoms with Crippen LogP contribution in [0.1, 0.15) is 303 Å². The van der Waals surface area contributed by atoms with Gasteiger partial charge in [-0.3, -0.25) is 4.79 Å². The van der Waals surface area contributed by atoms with E-state index in [0.29, 0.717) is 12.8 Å². The second kappa shape index (κ2) is 50.1. The van der Waals surface area contributed by atoms with Crippen LogP contribution in [0.25, 0.3) is 0 Å². The largest absolute Gasteiger partial charge is 0.394 e. The summed E-state index contributed by atoms with van der Waals surface area (Å²) in [6, 6.07) is -0.998. The van der Waals surface area contributed by atoms with Gasteiger partial charge in [0.15, 0.2) is 0 Å². The zero-order valence-corrected chi connectivity index (χ0v) is 41.2. The molecule has 0 fully saturated rings. The molecule has 4 unspecified atom stereocenters. The number of unbranched alkanes of at least 4 members (excludes halogenated alkanes) is 40. The highest BCUT2D eigenvalue weighted by Gasteiger charge is 2.28. The smallest absolute Gasteiger partial charge is 0.249 e. The molecule has 6 heteroatoms. The lowest BCUT2D eigenvalue weighted by atomic mass is 10.00. The molecule has 0 aliphatic carbocycles. The van der Waals surface area contributed by atoms with Crippen molar-refractivity contribution in [3.05, 3.63) is 12.2 Å². The minimum atomic E-state index is -1.28. The summed E-state index contributed by atoms with van der Waals surface area (Å²) in [6.45, 7) is 4.08. The lowest BCUT2D eigenvalue weighted by Gasteiger charge is -2.27. The third-order valence-electron chi connectivity index (χ3n) is 13.2. The van der Waals surface area contributed by atoms with E-state index >= 15 is 0 Å². The molecule has 5 N–H and O–H groups in total. The highest BCUT2D eigenvalue weighted by Crippen LogP contribution is 2.18. The van der Waals surface area contributed by atoms with E-state index in [-0.39, 0.29) is 0 Å². The van der Waals surface area contributed by atoms with Gasteiger partial charge in [-0.05, 0) is 38.5 Å². The molecule has 364 valence electrons. The average Bonchev–Trinajstić information content (AvgIpc) is 3.26. The molecule has 61 heavy (non-hydrogen) atoms. The van der Waals surface area contributed by atoms with E-state index in [1.165, 1.54) is 238 Å². The molecule has 0 saturated carbocycles. The fourth-order valence-corrected chi connectivity index (χ4v) is 8.88. The Balaban J connectivity index is 3.64. The molecule has 4 atom stereocenters. The standard InChI is InChI=1S/C55H109NO5/c1-3-5-7-9-11-13-15-17-19-21-23-25-27-29-30-32-34-36-38-40-42-44-46-48-52(58)54(60)51(50-57)56-55(61)53(59)49-47-45-43-41-39-37-35-33-31-28-26-24-22-20-18-16-14-12-10-8-6-4-2/h40,42,51-54,57-60H,3-39,41,43-50H2,1-2H3,(H,56,61)/b42-40+. The van der Waals surface area contributed by atoms with Crippen LogP contribution in [0, 0.1) is 0 Å². The predicted molar refractivity (Wildman–Crippen MR) is 265 cm³/mol. The quantitative estimate of drug-likeness (QED) is 0.0309. The number of hydrogen-bond donors (Lipinski definition) is 5. The van der Waals surface area contributed by atoms with Gasteiger partial charge < -0.3 is 25.7 Å². The summed E-state index contributed by atoms with van der Waals surface area (Å²) >= 11 is 0. The van der Waals surface area contributed by atoms with Gasteiger partial charge in [0.1, 0.15) is 12.2 Å². The fourth-order valence-electron chi connectivity index (χ4n) is 8.88. The number of carbonyl (C=O) groups is 1. The normalized spacial score (nSPS) is 13.9. The Morgan fingerprint density at radius 1 is 0.393 bits per heavy atom. The molecule has 0 radical (unpaired) electrons. The van der Waals surface area contributed by atoms with Crippen LogP contribution < -0.4 is 5.32 Å². The van der Waals surface area contributed by atoms with Crippen molar-refractivity contribution in [3.8, 4) is 0 Å². The minimum absolute atomic E-state index is 0.369. The second-order valence-corrected chi connectivity index (χ2v) is 19.3. The van der Waals surface area contributed by atoms with Crippen LogP contribution in [0.4, 0.5) is 0 Å². The van der Waals surface area contributed by atoms with Crippen LogP contribution in [0.3, 0.4) is 0 Å². The van der Waals surface area contributed by atoms with E-state index in [0.717, 1.165) is 38.5 Å². The molecular weight excluding hydrogens is 755 g/mol. The predicted octanol–water partition coefficient (Wildman–Crippen LogP) is 15.7. The van der Waals surface area contributed by atoms with Crippen molar-refractivity contribution in [1.82, 2.24) is 5.32 Å². The maximum Gasteiger partial charge on any atom is 0.249 e. The van der Waals surface area contributed by atoms with Crippen LogP contribution in [-0.4, -0.2) is 57.3 Å². The minimum Gasteiger partial charge on any atom is -0.394 e. The Morgan fingerprint density at radius 2 is 0.672 bits per heavy atom. The van der Waals surface area contributed by atoms with Crippen molar-refractivity contribution in [3.63, 3.8) is 0 Å². The summed E-state index contributed by atoms with van der Waals surface area (Å²) in [6.07, 6.45) is 58.5. The molecule has 0 aliphatic heterocycles. The van der Waals surface area contributed by atoms with Crippen LogP contribution in [0.5, 0.6) is 0 Å². The first-order valence-corrected chi connectivity index (χ1v) is 27.6.